The standard InChI is InChI=1S/C17H19N3O.2Na.2H/c1-13-5-7-14(8-6-13)20(12-17-18-9-10-19-17)15-3-2-4-16(21)11-15;;;;/h2-8,11,21H,9-10,12H2,1H3,(H,18,19);;;;. The summed E-state index contributed by atoms with van der Waals surface area (Å²) in [5, 5.41) is 13.0. The van der Waals surface area contributed by atoms with Gasteiger partial charge >= 0.3 is 59.1 Å². The quantitative estimate of drug-likeness (QED) is 0.837. The van der Waals surface area contributed by atoms with E-state index in [1.165, 1.54) is 5.56 Å². The van der Waals surface area contributed by atoms with E-state index in [1.54, 1.807) is 12.1 Å². The van der Waals surface area contributed by atoms with E-state index < -0.39 is 0 Å². The fraction of sp³-hybridized carbons (Fsp3) is 0.235. The van der Waals surface area contributed by atoms with Gasteiger partial charge in [-0.3, -0.25) is 4.99 Å². The normalized spacial score (nSPS) is 12.5. The Morgan fingerprint density at radius 2 is 1.83 bits per heavy atom. The van der Waals surface area contributed by atoms with Crippen LogP contribution < -0.4 is 10.2 Å². The molecule has 2 aromatic carbocycles. The van der Waals surface area contributed by atoms with Gasteiger partial charge in [0.05, 0.1) is 13.1 Å². The molecule has 0 spiro atoms. The zero-order chi connectivity index (χ0) is 14.7. The number of hydrogen-bond donors (Lipinski definition) is 2. The Labute approximate surface area is 181 Å². The molecule has 0 radical (unpaired) electrons. The molecule has 23 heavy (non-hydrogen) atoms. The molecule has 0 saturated carbocycles. The van der Waals surface area contributed by atoms with Crippen molar-refractivity contribution in [3.05, 3.63) is 54.1 Å². The van der Waals surface area contributed by atoms with E-state index in [2.05, 4.69) is 46.4 Å². The Balaban J connectivity index is 0.00000132. The van der Waals surface area contributed by atoms with E-state index in [9.17, 15) is 5.11 Å². The van der Waals surface area contributed by atoms with Crippen LogP contribution in [0.3, 0.4) is 0 Å². The second-order valence-corrected chi connectivity index (χ2v) is 5.20. The van der Waals surface area contributed by atoms with Crippen LogP contribution in [0.25, 0.3) is 0 Å². The van der Waals surface area contributed by atoms with Gasteiger partial charge in [0.2, 0.25) is 0 Å². The summed E-state index contributed by atoms with van der Waals surface area (Å²) in [5.74, 6) is 1.25. The number of aliphatic imine (C=N–C) groups is 1. The van der Waals surface area contributed by atoms with E-state index in [1.807, 2.05) is 12.1 Å². The molecule has 0 atom stereocenters. The van der Waals surface area contributed by atoms with Crippen molar-refractivity contribution in [1.29, 1.82) is 0 Å². The van der Waals surface area contributed by atoms with Gasteiger partial charge in [-0.2, -0.15) is 0 Å². The van der Waals surface area contributed by atoms with Gasteiger partial charge in [-0.1, -0.05) is 23.8 Å². The summed E-state index contributed by atoms with van der Waals surface area (Å²) in [7, 11) is 0. The molecule has 2 aromatic rings. The molecule has 0 aromatic heterocycles. The summed E-state index contributed by atoms with van der Waals surface area (Å²) in [6, 6.07) is 15.7. The molecule has 1 aliphatic heterocycles. The summed E-state index contributed by atoms with van der Waals surface area (Å²) in [6.07, 6.45) is 0. The molecule has 0 unspecified atom stereocenters. The Morgan fingerprint density at radius 1 is 1.09 bits per heavy atom. The molecule has 1 heterocycles. The number of nitrogens with zero attached hydrogens (tertiary/aromatic N) is 2. The Kier molecular flexibility index (Phi) is 8.69. The monoisotopic (exact) mass is 329 g/mol. The van der Waals surface area contributed by atoms with Gasteiger partial charge in [-0.05, 0) is 31.2 Å². The van der Waals surface area contributed by atoms with Gasteiger partial charge in [-0.15, -0.1) is 0 Å². The SMILES string of the molecule is Cc1ccc(N(CC2=NCCN2)c2cccc(O)c2)cc1.[NaH].[NaH]. The number of rotatable bonds is 4. The summed E-state index contributed by atoms with van der Waals surface area (Å²) >= 11 is 0. The first-order chi connectivity index (χ1) is 10.2. The maximum atomic E-state index is 9.74. The second-order valence-electron chi connectivity index (χ2n) is 5.20. The third kappa shape index (κ3) is 5.52. The number of phenolic OH excluding ortho intramolecular Hbond substituents is 1. The van der Waals surface area contributed by atoms with E-state index >= 15 is 0 Å². The molecule has 4 nitrogen and oxygen atoms in total. The van der Waals surface area contributed by atoms with Crippen molar-refractivity contribution >= 4 is 76.3 Å². The summed E-state index contributed by atoms with van der Waals surface area (Å²) in [5.41, 5.74) is 3.27. The topological polar surface area (TPSA) is 47.9 Å². The molecule has 6 heteroatoms. The molecule has 0 amide bonds. The number of phenols is 1. The predicted octanol–water partition coefficient (Wildman–Crippen LogP) is 1.54. The van der Waals surface area contributed by atoms with Gasteiger partial charge in [0.25, 0.3) is 0 Å². The van der Waals surface area contributed by atoms with Crippen molar-refractivity contribution in [3.8, 4) is 5.75 Å². The van der Waals surface area contributed by atoms with Crippen LogP contribution in [0, 0.1) is 6.92 Å². The number of hydrogen-bond acceptors (Lipinski definition) is 4. The maximum absolute atomic E-state index is 9.74. The molecule has 0 saturated heterocycles. The van der Waals surface area contributed by atoms with Crippen LogP contribution in [-0.2, 0) is 0 Å². The van der Waals surface area contributed by atoms with Gasteiger partial charge in [0.15, 0.2) is 0 Å². The first-order valence-electron chi connectivity index (χ1n) is 7.13. The minimum atomic E-state index is 0. The number of nitrogens with one attached hydrogen (secondary N) is 1. The number of amidine groups is 1. The fourth-order valence-corrected chi connectivity index (χ4v) is 2.42. The fourth-order valence-electron chi connectivity index (χ4n) is 2.42. The molecular weight excluding hydrogens is 308 g/mol. The van der Waals surface area contributed by atoms with Gasteiger partial charge in [0.1, 0.15) is 11.6 Å². The Morgan fingerprint density at radius 3 is 2.43 bits per heavy atom. The Bertz CT molecular complexity index is 659. The van der Waals surface area contributed by atoms with Crippen molar-refractivity contribution in [1.82, 2.24) is 5.32 Å². The molecule has 2 N–H and O–H groups in total. The van der Waals surface area contributed by atoms with Crippen LogP contribution in [0.5, 0.6) is 5.75 Å². The van der Waals surface area contributed by atoms with Crippen LogP contribution in [0.2, 0.25) is 0 Å². The minimum absolute atomic E-state index is 0. The molecule has 0 aliphatic carbocycles. The van der Waals surface area contributed by atoms with E-state index in [0.717, 1.165) is 30.3 Å². The van der Waals surface area contributed by atoms with Crippen molar-refractivity contribution in [2.45, 2.75) is 6.92 Å². The third-order valence-electron chi connectivity index (χ3n) is 3.54. The summed E-state index contributed by atoms with van der Waals surface area (Å²) < 4.78 is 0. The van der Waals surface area contributed by atoms with Gasteiger partial charge in [0, 0.05) is 24.0 Å². The average molecular weight is 329 g/mol. The predicted molar refractivity (Wildman–Crippen MR) is 101 cm³/mol. The molecule has 0 bridgehead atoms. The van der Waals surface area contributed by atoms with Crippen LogP contribution >= 0.6 is 0 Å². The van der Waals surface area contributed by atoms with Crippen molar-refractivity contribution in [2.75, 3.05) is 24.5 Å². The number of aryl methyl sites for hydroxylation is 1. The number of aromatic hydroxyl groups is 1. The van der Waals surface area contributed by atoms with Gasteiger partial charge in [-0.25, -0.2) is 0 Å². The average Bonchev–Trinajstić information content (AvgIpc) is 2.99. The summed E-state index contributed by atoms with van der Waals surface area (Å²) in [4.78, 5) is 6.62. The first kappa shape index (κ1) is 20.6. The number of benzene rings is 2. The third-order valence-corrected chi connectivity index (χ3v) is 3.54. The molecule has 1 aliphatic rings. The first-order valence-corrected chi connectivity index (χ1v) is 7.13. The zero-order valence-corrected chi connectivity index (χ0v) is 12.1. The van der Waals surface area contributed by atoms with Crippen molar-refractivity contribution in [3.63, 3.8) is 0 Å². The molecule has 3 rings (SSSR count). The van der Waals surface area contributed by atoms with Crippen LogP contribution in [-0.4, -0.2) is 89.7 Å². The van der Waals surface area contributed by atoms with E-state index in [4.69, 9.17) is 0 Å². The van der Waals surface area contributed by atoms with Crippen LogP contribution in [0.1, 0.15) is 5.56 Å². The van der Waals surface area contributed by atoms with Crippen molar-refractivity contribution < 1.29 is 5.11 Å². The van der Waals surface area contributed by atoms with E-state index in [-0.39, 0.29) is 64.9 Å². The van der Waals surface area contributed by atoms with Gasteiger partial charge < -0.3 is 15.3 Å². The van der Waals surface area contributed by atoms with E-state index in [0.29, 0.717) is 6.54 Å². The van der Waals surface area contributed by atoms with Crippen LogP contribution in [0.15, 0.2) is 53.5 Å². The van der Waals surface area contributed by atoms with Crippen LogP contribution in [0.4, 0.5) is 11.4 Å². The second kappa shape index (κ2) is 9.72. The van der Waals surface area contributed by atoms with Crippen molar-refractivity contribution in [2.24, 2.45) is 4.99 Å². The number of anilines is 2. The zero-order valence-electron chi connectivity index (χ0n) is 12.1. The molecule has 112 valence electrons. The molecular formula is C17H21N3Na2O. The molecule has 0 fully saturated rings. The summed E-state index contributed by atoms with van der Waals surface area (Å²) in [6.45, 7) is 4.48. The Hall–Kier alpha value is -0.490.